The highest BCUT2D eigenvalue weighted by Gasteiger charge is 2.32. The number of piperidine rings is 1. The minimum Gasteiger partial charge on any atom is -0.340 e. The maximum absolute atomic E-state index is 12.5. The van der Waals surface area contributed by atoms with Crippen LogP contribution in [-0.2, 0) is 15.8 Å². The van der Waals surface area contributed by atoms with E-state index in [2.05, 4.69) is 10.3 Å². The van der Waals surface area contributed by atoms with Crippen LogP contribution in [0.3, 0.4) is 0 Å². The smallest absolute Gasteiger partial charge is 0.340 e. The highest BCUT2D eigenvalue weighted by molar-refractivity contribution is 6.03. The number of rotatable bonds is 2. The summed E-state index contributed by atoms with van der Waals surface area (Å²) in [6.07, 6.45) is -2.89. The Morgan fingerprint density at radius 2 is 2.05 bits per heavy atom. The predicted octanol–water partition coefficient (Wildman–Crippen LogP) is 0.635. The average Bonchev–Trinajstić information content (AvgIpc) is 2.41. The average molecular weight is 301 g/mol. The predicted molar refractivity (Wildman–Crippen MR) is 62.9 cm³/mol. The summed E-state index contributed by atoms with van der Waals surface area (Å²) in [5, 5.41) is 4.31. The molecule has 0 aliphatic carbocycles. The Morgan fingerprint density at radius 1 is 1.33 bits per heavy atom. The molecule has 1 unspecified atom stereocenters. The van der Waals surface area contributed by atoms with E-state index in [0.29, 0.717) is 12.3 Å². The molecule has 3 amide bonds. The number of nitrogens with zero attached hydrogens (tertiary/aromatic N) is 1. The van der Waals surface area contributed by atoms with E-state index in [-0.39, 0.29) is 18.4 Å². The molecule has 0 bridgehead atoms. The van der Waals surface area contributed by atoms with Crippen LogP contribution in [0.15, 0.2) is 18.5 Å². The zero-order valence-electron chi connectivity index (χ0n) is 10.5. The number of hydrogen-bond donors (Lipinski definition) is 2. The van der Waals surface area contributed by atoms with Crippen molar-refractivity contribution >= 4 is 17.7 Å². The van der Waals surface area contributed by atoms with Crippen molar-refractivity contribution in [2.24, 2.45) is 0 Å². The van der Waals surface area contributed by atoms with Gasteiger partial charge in [0.25, 0.3) is 5.91 Å². The van der Waals surface area contributed by atoms with Gasteiger partial charge in [0.2, 0.25) is 11.8 Å². The van der Waals surface area contributed by atoms with Crippen molar-refractivity contribution in [1.29, 1.82) is 0 Å². The molecular weight excluding hydrogens is 291 g/mol. The van der Waals surface area contributed by atoms with E-state index in [1.165, 1.54) is 0 Å². The fourth-order valence-electron chi connectivity index (χ4n) is 1.79. The van der Waals surface area contributed by atoms with Gasteiger partial charge in [-0.2, -0.15) is 13.2 Å². The highest BCUT2D eigenvalue weighted by Crippen LogP contribution is 2.28. The van der Waals surface area contributed by atoms with Crippen molar-refractivity contribution in [2.45, 2.75) is 25.1 Å². The molecule has 1 aliphatic rings. The van der Waals surface area contributed by atoms with Crippen LogP contribution in [0.5, 0.6) is 0 Å². The first-order chi connectivity index (χ1) is 9.77. The molecular formula is C12H10F3N3O3. The Kier molecular flexibility index (Phi) is 3.92. The molecule has 2 heterocycles. The number of pyridine rings is 1. The number of carbonyl (C=O) groups is 3. The molecule has 0 radical (unpaired) electrons. The number of alkyl halides is 3. The van der Waals surface area contributed by atoms with Gasteiger partial charge in [-0.15, -0.1) is 0 Å². The van der Waals surface area contributed by atoms with Crippen molar-refractivity contribution in [3.63, 3.8) is 0 Å². The van der Waals surface area contributed by atoms with Gasteiger partial charge >= 0.3 is 6.18 Å². The zero-order valence-corrected chi connectivity index (χ0v) is 10.5. The van der Waals surface area contributed by atoms with Gasteiger partial charge in [-0.25, -0.2) is 0 Å². The fourth-order valence-corrected chi connectivity index (χ4v) is 1.79. The van der Waals surface area contributed by atoms with E-state index in [9.17, 15) is 27.6 Å². The number of nitrogens with one attached hydrogen (secondary N) is 2. The third-order valence-corrected chi connectivity index (χ3v) is 2.87. The highest BCUT2D eigenvalue weighted by atomic mass is 19.4. The van der Waals surface area contributed by atoms with Crippen molar-refractivity contribution in [3.05, 3.63) is 29.6 Å². The molecule has 1 fully saturated rings. The van der Waals surface area contributed by atoms with Crippen LogP contribution in [0.25, 0.3) is 0 Å². The summed E-state index contributed by atoms with van der Waals surface area (Å²) in [4.78, 5) is 37.6. The van der Waals surface area contributed by atoms with Gasteiger partial charge in [-0.3, -0.25) is 24.7 Å². The lowest BCUT2D eigenvalue weighted by Gasteiger charge is -2.21. The second kappa shape index (κ2) is 5.51. The van der Waals surface area contributed by atoms with Crippen LogP contribution in [-0.4, -0.2) is 28.7 Å². The molecule has 6 nitrogen and oxygen atoms in total. The second-order valence-electron chi connectivity index (χ2n) is 4.44. The minimum atomic E-state index is -4.61. The van der Waals surface area contributed by atoms with Crippen molar-refractivity contribution < 1.29 is 27.6 Å². The van der Waals surface area contributed by atoms with Crippen LogP contribution >= 0.6 is 0 Å². The largest absolute Gasteiger partial charge is 0.417 e. The molecule has 2 N–H and O–H groups in total. The van der Waals surface area contributed by atoms with Crippen LogP contribution < -0.4 is 10.6 Å². The molecule has 1 atom stereocenters. The SMILES string of the molecule is O=C1CCC(NC(=O)c2cncc(C(F)(F)F)c2)C(=O)N1. The molecule has 2 rings (SSSR count). The Labute approximate surface area is 116 Å². The molecule has 9 heteroatoms. The van der Waals surface area contributed by atoms with Gasteiger partial charge in [0, 0.05) is 18.8 Å². The summed E-state index contributed by atoms with van der Waals surface area (Å²) in [5.74, 6) is -1.99. The van der Waals surface area contributed by atoms with Gasteiger partial charge in [0.05, 0.1) is 11.1 Å². The number of amides is 3. The molecule has 0 saturated carbocycles. The van der Waals surface area contributed by atoms with E-state index < -0.39 is 35.5 Å². The van der Waals surface area contributed by atoms with Gasteiger partial charge < -0.3 is 5.32 Å². The molecule has 112 valence electrons. The van der Waals surface area contributed by atoms with E-state index in [1.54, 1.807) is 0 Å². The monoisotopic (exact) mass is 301 g/mol. The molecule has 0 spiro atoms. The summed E-state index contributed by atoms with van der Waals surface area (Å²) in [6, 6.07) is -0.307. The maximum Gasteiger partial charge on any atom is 0.417 e. The fraction of sp³-hybridized carbons (Fsp3) is 0.333. The number of halogens is 3. The van der Waals surface area contributed by atoms with E-state index in [4.69, 9.17) is 0 Å². The molecule has 21 heavy (non-hydrogen) atoms. The van der Waals surface area contributed by atoms with Crippen molar-refractivity contribution in [3.8, 4) is 0 Å². The van der Waals surface area contributed by atoms with E-state index in [0.717, 1.165) is 6.20 Å². The third kappa shape index (κ3) is 3.56. The van der Waals surface area contributed by atoms with Gasteiger partial charge in [0.1, 0.15) is 6.04 Å². The molecule has 1 saturated heterocycles. The van der Waals surface area contributed by atoms with Crippen LogP contribution in [0.1, 0.15) is 28.8 Å². The lowest BCUT2D eigenvalue weighted by Crippen LogP contribution is -2.52. The molecule has 0 aromatic carbocycles. The summed E-state index contributed by atoms with van der Waals surface area (Å²) in [6.45, 7) is 0. The van der Waals surface area contributed by atoms with Crippen LogP contribution in [0.4, 0.5) is 13.2 Å². The Morgan fingerprint density at radius 3 is 2.67 bits per heavy atom. The lowest BCUT2D eigenvalue weighted by molar-refractivity contribution is -0.138. The maximum atomic E-state index is 12.5. The first-order valence-corrected chi connectivity index (χ1v) is 5.94. The number of imide groups is 1. The first kappa shape index (κ1) is 14.9. The Hall–Kier alpha value is -2.45. The van der Waals surface area contributed by atoms with Crippen molar-refractivity contribution in [1.82, 2.24) is 15.6 Å². The topological polar surface area (TPSA) is 88.2 Å². The Balaban J connectivity index is 2.10. The number of hydrogen-bond acceptors (Lipinski definition) is 4. The van der Waals surface area contributed by atoms with Crippen LogP contribution in [0, 0.1) is 0 Å². The lowest BCUT2D eigenvalue weighted by atomic mass is 10.1. The zero-order chi connectivity index (χ0) is 15.6. The Bertz CT molecular complexity index is 601. The first-order valence-electron chi connectivity index (χ1n) is 5.94. The van der Waals surface area contributed by atoms with Gasteiger partial charge in [-0.1, -0.05) is 0 Å². The summed E-state index contributed by atoms with van der Waals surface area (Å²) in [7, 11) is 0. The number of aromatic nitrogens is 1. The second-order valence-corrected chi connectivity index (χ2v) is 4.44. The van der Waals surface area contributed by atoms with Gasteiger partial charge in [0.15, 0.2) is 0 Å². The third-order valence-electron chi connectivity index (χ3n) is 2.87. The molecule has 1 aliphatic heterocycles. The molecule has 1 aromatic rings. The standard InChI is InChI=1S/C12H10F3N3O3/c13-12(14,15)7-3-6(4-16-5-7)10(20)17-8-1-2-9(19)18-11(8)21/h3-5,8H,1-2H2,(H,17,20)(H,18,19,21). The normalized spacial score (nSPS) is 19.1. The quantitative estimate of drug-likeness (QED) is 0.784. The summed E-state index contributed by atoms with van der Waals surface area (Å²) < 4.78 is 37.6. The molecule has 1 aromatic heterocycles. The van der Waals surface area contributed by atoms with E-state index in [1.807, 2.05) is 5.32 Å². The van der Waals surface area contributed by atoms with Crippen LogP contribution in [0.2, 0.25) is 0 Å². The summed E-state index contributed by atoms with van der Waals surface area (Å²) in [5.41, 5.74) is -1.37. The van der Waals surface area contributed by atoms with Gasteiger partial charge in [-0.05, 0) is 12.5 Å². The minimum absolute atomic E-state index is 0.0531. The number of carbonyl (C=O) groups excluding carboxylic acids is 3. The van der Waals surface area contributed by atoms with E-state index >= 15 is 0 Å². The van der Waals surface area contributed by atoms with Crippen molar-refractivity contribution in [2.75, 3.05) is 0 Å². The summed E-state index contributed by atoms with van der Waals surface area (Å²) >= 11 is 0.